The highest BCUT2D eigenvalue weighted by Gasteiger charge is 2.07. The third-order valence-corrected chi connectivity index (χ3v) is 4.21. The number of ether oxygens (including phenoxy) is 2. The molecule has 5 rings (SSSR count). The number of benzene rings is 2. The molecule has 0 amide bonds. The van der Waals surface area contributed by atoms with Crippen LogP contribution in [0.5, 0.6) is 11.5 Å². The number of hydrogen-bond donors (Lipinski definition) is 0. The van der Waals surface area contributed by atoms with E-state index in [4.69, 9.17) is 9.47 Å². The molecule has 0 atom stereocenters. The Kier molecular flexibility index (Phi) is 7.09. The van der Waals surface area contributed by atoms with Gasteiger partial charge in [-0.3, -0.25) is 4.98 Å². The average molecular weight is 347 g/mol. The van der Waals surface area contributed by atoms with Gasteiger partial charge in [-0.05, 0) is 61.1 Å². The molecule has 3 heteroatoms. The minimum absolute atomic E-state index is 0.886. The van der Waals surface area contributed by atoms with Crippen LogP contribution in [0.15, 0.2) is 79.1 Å². The topological polar surface area (TPSA) is 31.4 Å². The Hall–Kier alpha value is -2.81. The molecule has 0 unspecified atom stereocenters. The second kappa shape index (κ2) is 10.2. The van der Waals surface area contributed by atoms with Gasteiger partial charge in [0.1, 0.15) is 11.5 Å². The lowest BCUT2D eigenvalue weighted by molar-refractivity contribution is 0.288. The predicted octanol–water partition coefficient (Wildman–Crippen LogP) is 5.10. The van der Waals surface area contributed by atoms with Crippen molar-refractivity contribution < 1.29 is 9.47 Å². The maximum atomic E-state index is 5.42. The summed E-state index contributed by atoms with van der Waals surface area (Å²) in [5, 5.41) is 0. The summed E-state index contributed by atoms with van der Waals surface area (Å²) < 4.78 is 10.8. The van der Waals surface area contributed by atoms with Gasteiger partial charge >= 0.3 is 0 Å². The van der Waals surface area contributed by atoms with Crippen molar-refractivity contribution in [2.75, 3.05) is 13.2 Å². The van der Waals surface area contributed by atoms with E-state index in [1.165, 1.54) is 24.0 Å². The molecule has 134 valence electrons. The van der Waals surface area contributed by atoms with E-state index in [1.54, 1.807) is 12.4 Å². The number of hydrogen-bond acceptors (Lipinski definition) is 3. The van der Waals surface area contributed by atoms with E-state index >= 15 is 0 Å². The zero-order valence-corrected chi connectivity index (χ0v) is 15.0. The monoisotopic (exact) mass is 347 g/mol. The maximum Gasteiger partial charge on any atom is 0.122 e. The van der Waals surface area contributed by atoms with Crippen molar-refractivity contribution in [1.29, 1.82) is 0 Å². The second-order valence-electron chi connectivity index (χ2n) is 6.14. The molecule has 1 aromatic heterocycles. The fourth-order valence-electron chi connectivity index (χ4n) is 2.90. The fourth-order valence-corrected chi connectivity index (χ4v) is 2.90. The number of para-hydroxylation sites is 2. The molecule has 2 aliphatic heterocycles. The van der Waals surface area contributed by atoms with Crippen molar-refractivity contribution >= 4 is 0 Å². The Morgan fingerprint density at radius 3 is 1.46 bits per heavy atom. The van der Waals surface area contributed by atoms with E-state index in [0.29, 0.717) is 0 Å². The van der Waals surface area contributed by atoms with Crippen LogP contribution in [0.1, 0.15) is 24.0 Å². The summed E-state index contributed by atoms with van der Waals surface area (Å²) in [4.78, 5) is 3.78. The smallest absolute Gasteiger partial charge is 0.122 e. The summed E-state index contributed by atoms with van der Waals surface area (Å²) in [5.74, 6) is 2.16. The normalized spacial score (nSPS) is 13.8. The minimum atomic E-state index is 0.886. The van der Waals surface area contributed by atoms with E-state index in [-0.39, 0.29) is 0 Å². The summed E-state index contributed by atoms with van der Waals surface area (Å²) in [6, 6.07) is 22.2. The standard InChI is InChI=1S/2C9H10O.C5H5N/c2*1-2-6-9-8(4-1)5-3-7-10-9;1-2-4-6-5-3-1/h2*1-2,4,6H,3,5,7H2;1-5H. The van der Waals surface area contributed by atoms with Crippen LogP contribution in [0.3, 0.4) is 0 Å². The highest BCUT2D eigenvalue weighted by molar-refractivity contribution is 5.35. The first-order chi connectivity index (χ1) is 12.9. The number of aromatic nitrogens is 1. The highest BCUT2D eigenvalue weighted by Crippen LogP contribution is 2.23. The molecule has 0 spiro atoms. The summed E-state index contributed by atoms with van der Waals surface area (Å²) in [6.07, 6.45) is 8.18. The summed E-state index contributed by atoms with van der Waals surface area (Å²) in [6.45, 7) is 1.77. The van der Waals surface area contributed by atoms with E-state index < -0.39 is 0 Å². The molecule has 26 heavy (non-hydrogen) atoms. The van der Waals surface area contributed by atoms with Crippen LogP contribution in [-0.2, 0) is 12.8 Å². The Balaban J connectivity index is 0.000000117. The van der Waals surface area contributed by atoms with Crippen LogP contribution in [0.2, 0.25) is 0 Å². The van der Waals surface area contributed by atoms with Crippen LogP contribution < -0.4 is 9.47 Å². The quantitative estimate of drug-likeness (QED) is 0.566. The lowest BCUT2D eigenvalue weighted by Crippen LogP contribution is -2.07. The first kappa shape index (κ1) is 18.0. The van der Waals surface area contributed by atoms with Crippen molar-refractivity contribution in [2.45, 2.75) is 25.7 Å². The molecular weight excluding hydrogens is 322 g/mol. The van der Waals surface area contributed by atoms with Crippen LogP contribution in [-0.4, -0.2) is 18.2 Å². The van der Waals surface area contributed by atoms with Crippen LogP contribution in [0.25, 0.3) is 0 Å². The Labute approximate surface area is 155 Å². The number of aryl methyl sites for hydroxylation is 2. The third kappa shape index (κ3) is 5.62. The van der Waals surface area contributed by atoms with Crippen LogP contribution in [0.4, 0.5) is 0 Å². The van der Waals surface area contributed by atoms with Gasteiger partial charge in [-0.2, -0.15) is 0 Å². The van der Waals surface area contributed by atoms with Gasteiger partial charge < -0.3 is 9.47 Å². The van der Waals surface area contributed by atoms with E-state index in [0.717, 1.165) is 37.6 Å². The van der Waals surface area contributed by atoms with Gasteiger partial charge in [-0.25, -0.2) is 0 Å². The van der Waals surface area contributed by atoms with Crippen molar-refractivity contribution in [2.24, 2.45) is 0 Å². The zero-order valence-electron chi connectivity index (χ0n) is 15.0. The van der Waals surface area contributed by atoms with Gasteiger partial charge in [-0.15, -0.1) is 0 Å². The molecule has 2 aromatic carbocycles. The maximum absolute atomic E-state index is 5.42. The molecule has 0 bridgehead atoms. The first-order valence-electron chi connectivity index (χ1n) is 9.20. The molecule has 0 saturated carbocycles. The van der Waals surface area contributed by atoms with Gasteiger partial charge in [0.15, 0.2) is 0 Å². The van der Waals surface area contributed by atoms with Crippen LogP contribution >= 0.6 is 0 Å². The molecule has 0 radical (unpaired) electrons. The van der Waals surface area contributed by atoms with Gasteiger partial charge in [0.05, 0.1) is 13.2 Å². The SMILES string of the molecule is c1ccc2c(c1)CCCO2.c1ccc2c(c1)CCCO2.c1ccncc1. The number of nitrogens with zero attached hydrogens (tertiary/aromatic N) is 1. The minimum Gasteiger partial charge on any atom is -0.493 e. The summed E-state index contributed by atoms with van der Waals surface area (Å²) in [7, 11) is 0. The molecule has 3 heterocycles. The van der Waals surface area contributed by atoms with Crippen LogP contribution in [0, 0.1) is 0 Å². The van der Waals surface area contributed by atoms with Crippen molar-refractivity contribution in [3.63, 3.8) is 0 Å². The fraction of sp³-hybridized carbons (Fsp3) is 0.261. The molecule has 0 saturated heterocycles. The lowest BCUT2D eigenvalue weighted by Gasteiger charge is -2.15. The average Bonchev–Trinajstić information content (AvgIpc) is 2.76. The Morgan fingerprint density at radius 1 is 0.577 bits per heavy atom. The van der Waals surface area contributed by atoms with E-state index in [2.05, 4.69) is 29.2 Å². The highest BCUT2D eigenvalue weighted by atomic mass is 16.5. The molecule has 0 aliphatic carbocycles. The number of fused-ring (bicyclic) bond motifs is 2. The Morgan fingerprint density at radius 2 is 1.08 bits per heavy atom. The van der Waals surface area contributed by atoms with Crippen molar-refractivity contribution in [3.05, 3.63) is 90.3 Å². The first-order valence-corrected chi connectivity index (χ1v) is 9.20. The molecule has 3 nitrogen and oxygen atoms in total. The van der Waals surface area contributed by atoms with E-state index in [9.17, 15) is 0 Å². The lowest BCUT2D eigenvalue weighted by atomic mass is 10.1. The van der Waals surface area contributed by atoms with E-state index in [1.807, 2.05) is 42.5 Å². The molecule has 3 aromatic rings. The second-order valence-corrected chi connectivity index (χ2v) is 6.14. The van der Waals surface area contributed by atoms with Gasteiger partial charge in [0.25, 0.3) is 0 Å². The number of pyridine rings is 1. The molecular formula is C23H25NO2. The van der Waals surface area contributed by atoms with Crippen molar-refractivity contribution in [3.8, 4) is 11.5 Å². The zero-order chi connectivity index (χ0) is 17.9. The number of rotatable bonds is 0. The predicted molar refractivity (Wildman–Crippen MR) is 105 cm³/mol. The molecule has 2 aliphatic rings. The van der Waals surface area contributed by atoms with Crippen molar-refractivity contribution in [1.82, 2.24) is 4.98 Å². The molecule has 0 N–H and O–H groups in total. The summed E-state index contributed by atoms with van der Waals surface area (Å²) >= 11 is 0. The van der Waals surface area contributed by atoms with Gasteiger partial charge in [0, 0.05) is 12.4 Å². The largest absolute Gasteiger partial charge is 0.493 e. The molecule has 0 fully saturated rings. The third-order valence-electron chi connectivity index (χ3n) is 4.21. The Bertz CT molecular complexity index is 646. The summed E-state index contributed by atoms with van der Waals surface area (Å²) in [5.41, 5.74) is 2.71. The van der Waals surface area contributed by atoms with Gasteiger partial charge in [0.2, 0.25) is 0 Å². The van der Waals surface area contributed by atoms with Gasteiger partial charge in [-0.1, -0.05) is 42.5 Å².